The number of benzene rings is 4. The van der Waals surface area contributed by atoms with Gasteiger partial charge < -0.3 is 88.3 Å². The summed E-state index contributed by atoms with van der Waals surface area (Å²) in [5, 5.41) is 29.5. The highest BCUT2D eigenvalue weighted by molar-refractivity contribution is 6.04. The Labute approximate surface area is 499 Å². The number of hydrogen-bond acceptors (Lipinski definition) is 20. The van der Waals surface area contributed by atoms with Crippen LogP contribution in [0.4, 0.5) is 19.2 Å². The standard InChI is InChI=1S/C62H76N4O20/c1-41(2)55(67)79-29-25-63-59(71)83-37-33-75-49-17-9-45(10-18-49)53(46-11-19-50(20-12-46)76-34-38-84-60(72)64-26-30-80-56(68)42(3)4)54(47-13-21-51(22-14-47)77-35-39-85-61(73)65-27-31-81-57(69)43(5)6)48-15-23-52(24-16-48)78-36-40-86-62(74)66-28-32-82-58(70)44(7)8/h9-24,55-56,67-68H,1,3,5,7,25-40H2,2,4,6,8H3,(H,63,71)(H,64,72)(H,65,73)(H,66,74). The molecule has 24 heteroatoms. The minimum Gasteiger partial charge on any atom is -0.490 e. The van der Waals surface area contributed by atoms with Crippen LogP contribution in [0, 0.1) is 0 Å². The van der Waals surface area contributed by atoms with Crippen LogP contribution in [0.15, 0.2) is 146 Å². The van der Waals surface area contributed by atoms with E-state index >= 15 is 0 Å². The van der Waals surface area contributed by atoms with Gasteiger partial charge in [0.25, 0.3) is 0 Å². The third-order valence-corrected chi connectivity index (χ3v) is 11.2. The van der Waals surface area contributed by atoms with E-state index in [0.717, 1.165) is 33.4 Å². The first kappa shape index (κ1) is 69.1. The normalized spacial score (nSPS) is 11.2. The van der Waals surface area contributed by atoms with Crippen molar-refractivity contribution < 1.29 is 95.8 Å². The zero-order valence-electron chi connectivity index (χ0n) is 48.8. The van der Waals surface area contributed by atoms with Crippen molar-refractivity contribution in [1.82, 2.24) is 21.3 Å². The highest BCUT2D eigenvalue weighted by atomic mass is 16.6. The lowest BCUT2D eigenvalue weighted by Gasteiger charge is -2.19. The van der Waals surface area contributed by atoms with Gasteiger partial charge in [0.1, 0.15) is 89.1 Å². The van der Waals surface area contributed by atoms with Crippen LogP contribution in [0.2, 0.25) is 0 Å². The van der Waals surface area contributed by atoms with Crippen molar-refractivity contribution >= 4 is 47.5 Å². The minimum absolute atomic E-state index is 0.0196. The molecule has 2 atom stereocenters. The molecule has 4 rings (SSSR count). The molecule has 0 saturated heterocycles. The van der Waals surface area contributed by atoms with Crippen molar-refractivity contribution in [3.63, 3.8) is 0 Å². The molecule has 4 aromatic rings. The van der Waals surface area contributed by atoms with Gasteiger partial charge in [0.2, 0.25) is 0 Å². The summed E-state index contributed by atoms with van der Waals surface area (Å²) >= 11 is 0. The van der Waals surface area contributed by atoms with E-state index in [9.17, 15) is 39.0 Å². The highest BCUT2D eigenvalue weighted by Crippen LogP contribution is 2.39. The van der Waals surface area contributed by atoms with Gasteiger partial charge >= 0.3 is 36.3 Å². The largest absolute Gasteiger partial charge is 0.490 e. The van der Waals surface area contributed by atoms with Gasteiger partial charge in [-0.15, -0.1) is 0 Å². The van der Waals surface area contributed by atoms with Crippen molar-refractivity contribution in [2.75, 3.05) is 105 Å². The number of ether oxygens (including phenoxy) is 12. The molecule has 0 aromatic heterocycles. The number of hydrogen-bond donors (Lipinski definition) is 6. The molecule has 0 bridgehead atoms. The second-order valence-corrected chi connectivity index (χ2v) is 18.5. The van der Waals surface area contributed by atoms with Crippen molar-refractivity contribution in [3.8, 4) is 23.0 Å². The highest BCUT2D eigenvalue weighted by Gasteiger charge is 2.19. The maximum absolute atomic E-state index is 12.3. The Morgan fingerprint density at radius 1 is 0.349 bits per heavy atom. The number of carbonyl (C=O) groups is 6. The van der Waals surface area contributed by atoms with Crippen LogP contribution in [0.1, 0.15) is 49.9 Å². The number of amides is 4. The first-order valence-corrected chi connectivity index (χ1v) is 27.2. The maximum Gasteiger partial charge on any atom is 0.407 e. The van der Waals surface area contributed by atoms with Crippen LogP contribution in [-0.2, 0) is 47.5 Å². The topological polar surface area (TPSA) is 302 Å². The molecule has 464 valence electrons. The summed E-state index contributed by atoms with van der Waals surface area (Å²) in [6.45, 7) is 20.6. The molecule has 0 saturated carbocycles. The molecule has 4 aromatic carbocycles. The first-order chi connectivity index (χ1) is 41.3. The molecule has 0 fully saturated rings. The van der Waals surface area contributed by atoms with Crippen LogP contribution in [0.5, 0.6) is 23.0 Å². The van der Waals surface area contributed by atoms with E-state index in [0.29, 0.717) is 34.1 Å². The molecule has 0 spiro atoms. The SMILES string of the molecule is C=C(C)C(=O)OCCNC(=O)OCCOc1ccc(C(=C(c2ccc(OCCOC(=O)NCCOC(O)C(=C)C)cc2)c2ccc(OCCOC(=O)NCCOC(O)C(=C)C)cc2)c2ccc(OCCOC(=O)NCCOC(=O)C(=C)C)cc2)cc1. The molecule has 24 nitrogen and oxygen atoms in total. The number of esters is 2. The summed E-state index contributed by atoms with van der Waals surface area (Å²) in [7, 11) is 0. The van der Waals surface area contributed by atoms with Crippen LogP contribution >= 0.6 is 0 Å². The minimum atomic E-state index is -1.14. The Hall–Kier alpha value is -9.36. The monoisotopic (exact) mass is 1200 g/mol. The molecular weight excluding hydrogens is 1120 g/mol. The Bertz CT molecular complexity index is 2700. The van der Waals surface area contributed by atoms with Gasteiger partial charge in [-0.3, -0.25) is 0 Å². The molecule has 86 heavy (non-hydrogen) atoms. The smallest absolute Gasteiger partial charge is 0.407 e. The lowest BCUT2D eigenvalue weighted by atomic mass is 9.85. The molecule has 0 heterocycles. The number of nitrogens with one attached hydrogen (secondary N) is 4. The van der Waals surface area contributed by atoms with E-state index < -0.39 is 48.9 Å². The molecule has 0 aliphatic carbocycles. The Balaban J connectivity index is 1.58. The second-order valence-electron chi connectivity index (χ2n) is 18.5. The predicted molar refractivity (Wildman–Crippen MR) is 315 cm³/mol. The summed E-state index contributed by atoms with van der Waals surface area (Å²) in [5.74, 6) is 0.773. The van der Waals surface area contributed by atoms with E-state index in [1.807, 2.05) is 48.5 Å². The quantitative estimate of drug-likeness (QED) is 0.00493. The predicted octanol–water partition coefficient (Wildman–Crippen LogP) is 7.17. The van der Waals surface area contributed by atoms with E-state index in [1.165, 1.54) is 13.8 Å². The average molecular weight is 1200 g/mol. The van der Waals surface area contributed by atoms with E-state index in [1.54, 1.807) is 62.4 Å². The fraction of sp³-hybridized carbons (Fsp3) is 0.355. The second kappa shape index (κ2) is 38.5. The fourth-order valence-electron chi connectivity index (χ4n) is 6.93. The van der Waals surface area contributed by atoms with Gasteiger partial charge in [-0.2, -0.15) is 0 Å². The lowest BCUT2D eigenvalue weighted by molar-refractivity contribution is -0.139. The molecule has 0 radical (unpaired) electrons. The fourth-order valence-corrected chi connectivity index (χ4v) is 6.93. The number of rotatable bonds is 38. The van der Waals surface area contributed by atoms with Crippen LogP contribution in [0.25, 0.3) is 11.1 Å². The molecule has 0 aliphatic heterocycles. The Morgan fingerprint density at radius 3 is 0.802 bits per heavy atom. The first-order valence-electron chi connectivity index (χ1n) is 27.2. The Kier molecular flexibility index (Phi) is 30.9. The van der Waals surface area contributed by atoms with Crippen molar-refractivity contribution in [3.05, 3.63) is 168 Å². The summed E-state index contributed by atoms with van der Waals surface area (Å²) in [6, 6.07) is 29.2. The Morgan fingerprint density at radius 2 is 0.581 bits per heavy atom. The number of alkyl carbamates (subject to hydrolysis) is 4. The van der Waals surface area contributed by atoms with Gasteiger partial charge in [-0.1, -0.05) is 74.8 Å². The van der Waals surface area contributed by atoms with Crippen molar-refractivity contribution in [2.45, 2.75) is 40.3 Å². The molecule has 0 aliphatic rings. The van der Waals surface area contributed by atoms with Gasteiger partial charge in [0.05, 0.1) is 26.3 Å². The van der Waals surface area contributed by atoms with Gasteiger partial charge in [0, 0.05) is 24.2 Å². The van der Waals surface area contributed by atoms with Crippen molar-refractivity contribution in [2.24, 2.45) is 0 Å². The summed E-state index contributed by atoms with van der Waals surface area (Å²) in [5.41, 5.74) is 5.86. The molecule has 6 N–H and O–H groups in total. The van der Waals surface area contributed by atoms with Gasteiger partial charge in [-0.05, 0) is 121 Å². The molecular formula is C62H76N4O20. The maximum atomic E-state index is 12.3. The third-order valence-electron chi connectivity index (χ3n) is 11.2. The van der Waals surface area contributed by atoms with Crippen LogP contribution in [-0.4, -0.2) is 165 Å². The van der Waals surface area contributed by atoms with Gasteiger partial charge in [-0.25, -0.2) is 28.8 Å². The van der Waals surface area contributed by atoms with Gasteiger partial charge in [0.15, 0.2) is 12.6 Å². The zero-order chi connectivity index (χ0) is 62.6. The summed E-state index contributed by atoms with van der Waals surface area (Å²) < 4.78 is 65.0. The summed E-state index contributed by atoms with van der Waals surface area (Å²) in [4.78, 5) is 72.2. The zero-order valence-corrected chi connectivity index (χ0v) is 48.8. The number of aliphatic hydroxyl groups is 2. The average Bonchev–Trinajstić information content (AvgIpc) is 1.89. The number of aliphatic hydroxyl groups excluding tert-OH is 2. The van der Waals surface area contributed by atoms with E-state index in [-0.39, 0.29) is 117 Å². The number of carbonyl (C=O) groups excluding carboxylic acids is 6. The third kappa shape index (κ3) is 26.9. The van der Waals surface area contributed by atoms with Crippen molar-refractivity contribution in [1.29, 1.82) is 0 Å². The van der Waals surface area contributed by atoms with Crippen LogP contribution < -0.4 is 40.2 Å². The van der Waals surface area contributed by atoms with Crippen LogP contribution in [0.3, 0.4) is 0 Å². The van der Waals surface area contributed by atoms with E-state index in [2.05, 4.69) is 47.6 Å². The van der Waals surface area contributed by atoms with E-state index in [4.69, 9.17) is 56.8 Å². The lowest BCUT2D eigenvalue weighted by Crippen LogP contribution is -2.30. The molecule has 2 unspecified atom stereocenters. The molecule has 4 amide bonds. The summed E-state index contributed by atoms with van der Waals surface area (Å²) in [6.07, 6.45) is -5.10.